The van der Waals surface area contributed by atoms with E-state index in [2.05, 4.69) is 5.32 Å². The maximum atomic E-state index is 14.8. The number of hydrogen-bond donors (Lipinski definition) is 1. The summed E-state index contributed by atoms with van der Waals surface area (Å²) in [5.74, 6) is -1.89. The molecule has 1 N–H and O–H groups in total. The van der Waals surface area contributed by atoms with Crippen molar-refractivity contribution in [2.75, 3.05) is 10.2 Å². The molecule has 4 aromatic carbocycles. The molecule has 0 aromatic heterocycles. The van der Waals surface area contributed by atoms with Crippen LogP contribution >= 0.6 is 23.2 Å². The molecule has 0 saturated carbocycles. The van der Waals surface area contributed by atoms with Crippen LogP contribution in [0.15, 0.2) is 103 Å². The van der Waals surface area contributed by atoms with Gasteiger partial charge in [0, 0.05) is 38.1 Å². The van der Waals surface area contributed by atoms with Gasteiger partial charge in [-0.25, -0.2) is 0 Å². The lowest BCUT2D eigenvalue weighted by Crippen LogP contribution is -2.51. The Hall–Kier alpha value is -4.19. The van der Waals surface area contributed by atoms with Gasteiger partial charge >= 0.3 is 0 Å². The number of ketones is 2. The minimum Gasteiger partial charge on any atom is -0.352 e. The number of halogens is 2. The van der Waals surface area contributed by atoms with Crippen LogP contribution in [0, 0.1) is 5.92 Å². The lowest BCUT2D eigenvalue weighted by molar-refractivity contribution is -0.121. The Bertz CT molecular complexity index is 1780. The standard InChI is InChI=1S/C34H24Cl2N2O3/c1-19-18-28-34(25-7-3-4-8-26(25)37-33(34)41)29(31(39)20-10-14-22(35)15-11-20)30(32(40)21-12-16-23(36)17-13-21)38(28)27-9-5-2-6-24(19)27/h2-18,28-30H,1H3,(H,37,41)/t28-,29-,30-,34+/m0/s1. The maximum absolute atomic E-state index is 14.8. The number of amides is 1. The third-order valence-electron chi connectivity index (χ3n) is 8.69. The van der Waals surface area contributed by atoms with E-state index in [4.69, 9.17) is 23.2 Å². The van der Waals surface area contributed by atoms with Crippen molar-refractivity contribution in [2.45, 2.75) is 24.4 Å². The summed E-state index contributed by atoms with van der Waals surface area (Å²) in [6.07, 6.45) is 2.04. The van der Waals surface area contributed by atoms with Gasteiger partial charge in [0.15, 0.2) is 11.6 Å². The van der Waals surface area contributed by atoms with E-state index in [1.165, 1.54) is 0 Å². The number of anilines is 2. The van der Waals surface area contributed by atoms with Crippen LogP contribution in [0.3, 0.4) is 0 Å². The average Bonchev–Trinajstić information content (AvgIpc) is 3.45. The number of allylic oxidation sites excluding steroid dienone is 1. The molecule has 4 aromatic rings. The first-order chi connectivity index (χ1) is 19.8. The van der Waals surface area contributed by atoms with Crippen LogP contribution in [0.5, 0.6) is 0 Å². The third-order valence-corrected chi connectivity index (χ3v) is 9.20. The first kappa shape index (κ1) is 25.8. The Morgan fingerprint density at radius 2 is 1.37 bits per heavy atom. The summed E-state index contributed by atoms with van der Waals surface area (Å²) < 4.78 is 0. The van der Waals surface area contributed by atoms with E-state index in [1.54, 1.807) is 48.5 Å². The Kier molecular flexibility index (Phi) is 5.93. The van der Waals surface area contributed by atoms with E-state index >= 15 is 0 Å². The molecule has 0 aliphatic carbocycles. The van der Waals surface area contributed by atoms with Crippen molar-refractivity contribution in [3.63, 3.8) is 0 Å². The molecule has 0 radical (unpaired) electrons. The zero-order chi connectivity index (χ0) is 28.5. The summed E-state index contributed by atoms with van der Waals surface area (Å²) in [7, 11) is 0. The van der Waals surface area contributed by atoms with Crippen LogP contribution < -0.4 is 10.2 Å². The number of rotatable bonds is 4. The second-order valence-electron chi connectivity index (χ2n) is 10.8. The molecule has 0 bridgehead atoms. The molecule has 1 saturated heterocycles. The Morgan fingerprint density at radius 1 is 0.780 bits per heavy atom. The van der Waals surface area contributed by atoms with Crippen molar-refractivity contribution in [2.24, 2.45) is 5.92 Å². The summed E-state index contributed by atoms with van der Waals surface area (Å²) in [5, 5.41) is 4.05. The van der Waals surface area contributed by atoms with Gasteiger partial charge in [0.2, 0.25) is 5.91 Å². The summed E-state index contributed by atoms with van der Waals surface area (Å²) >= 11 is 12.3. The van der Waals surface area contributed by atoms with E-state index in [1.807, 2.05) is 66.4 Å². The van der Waals surface area contributed by atoms with Crippen molar-refractivity contribution in [1.29, 1.82) is 0 Å². The Balaban J connectivity index is 1.55. The highest BCUT2D eigenvalue weighted by Gasteiger charge is 2.70. The van der Waals surface area contributed by atoms with Crippen molar-refractivity contribution in [3.8, 4) is 0 Å². The van der Waals surface area contributed by atoms with Crippen LogP contribution in [0.1, 0.15) is 38.8 Å². The van der Waals surface area contributed by atoms with E-state index in [9.17, 15) is 14.4 Å². The second-order valence-corrected chi connectivity index (χ2v) is 11.6. The molecule has 7 rings (SSSR count). The van der Waals surface area contributed by atoms with Crippen LogP contribution in [0.4, 0.5) is 11.4 Å². The molecule has 1 spiro atoms. The summed E-state index contributed by atoms with van der Waals surface area (Å²) in [4.78, 5) is 45.8. The van der Waals surface area contributed by atoms with E-state index in [-0.39, 0.29) is 17.5 Å². The quantitative estimate of drug-likeness (QED) is 0.259. The van der Waals surface area contributed by atoms with Crippen molar-refractivity contribution in [1.82, 2.24) is 0 Å². The fourth-order valence-corrected chi connectivity index (χ4v) is 7.22. The first-order valence-corrected chi connectivity index (χ1v) is 14.1. The minimum atomic E-state index is -1.37. The van der Waals surface area contributed by atoms with Crippen LogP contribution in [-0.4, -0.2) is 29.6 Å². The largest absolute Gasteiger partial charge is 0.352 e. The third kappa shape index (κ3) is 3.66. The van der Waals surface area contributed by atoms with Gasteiger partial charge in [-0.2, -0.15) is 0 Å². The van der Waals surface area contributed by atoms with Gasteiger partial charge in [0.1, 0.15) is 11.5 Å². The number of carbonyl (C=O) groups is 3. The molecule has 202 valence electrons. The number of nitrogens with one attached hydrogen (secondary N) is 1. The molecular formula is C34H24Cl2N2O3. The Labute approximate surface area is 247 Å². The number of para-hydroxylation sites is 2. The highest BCUT2D eigenvalue weighted by molar-refractivity contribution is 6.31. The second kappa shape index (κ2) is 9.44. The summed E-state index contributed by atoms with van der Waals surface area (Å²) in [6.45, 7) is 2.01. The average molecular weight is 579 g/mol. The van der Waals surface area contributed by atoms with Crippen LogP contribution in [-0.2, 0) is 10.2 Å². The number of fused-ring (bicyclic) bond motifs is 6. The predicted molar refractivity (Wildman–Crippen MR) is 162 cm³/mol. The molecule has 0 unspecified atom stereocenters. The van der Waals surface area contributed by atoms with Gasteiger partial charge < -0.3 is 10.2 Å². The zero-order valence-electron chi connectivity index (χ0n) is 22.0. The number of benzene rings is 4. The number of carbonyl (C=O) groups excluding carboxylic acids is 3. The van der Waals surface area contributed by atoms with Crippen LogP contribution in [0.2, 0.25) is 10.0 Å². The highest BCUT2D eigenvalue weighted by atomic mass is 35.5. The number of Topliss-reactive ketones (excluding diaryl/α,β-unsaturated/α-hetero) is 2. The minimum absolute atomic E-state index is 0.254. The maximum Gasteiger partial charge on any atom is 0.238 e. The molecule has 3 heterocycles. The lowest BCUT2D eigenvalue weighted by atomic mass is 9.64. The summed E-state index contributed by atoms with van der Waals surface area (Å²) in [5.41, 5.74) is 3.55. The smallest absolute Gasteiger partial charge is 0.238 e. The van der Waals surface area contributed by atoms with Gasteiger partial charge in [-0.15, -0.1) is 0 Å². The van der Waals surface area contributed by atoms with Crippen molar-refractivity contribution in [3.05, 3.63) is 135 Å². The first-order valence-electron chi connectivity index (χ1n) is 13.4. The molecule has 41 heavy (non-hydrogen) atoms. The highest BCUT2D eigenvalue weighted by Crippen LogP contribution is 2.58. The lowest BCUT2D eigenvalue weighted by Gasteiger charge is -2.39. The number of hydrogen-bond acceptors (Lipinski definition) is 4. The molecule has 3 aliphatic heterocycles. The topological polar surface area (TPSA) is 66.5 Å². The fraction of sp³-hybridized carbons (Fsp3) is 0.147. The van der Waals surface area contributed by atoms with Gasteiger partial charge in [0.05, 0.1) is 12.0 Å². The molecule has 7 heteroatoms. The fourth-order valence-electron chi connectivity index (χ4n) is 6.97. The van der Waals surface area contributed by atoms with Gasteiger partial charge in [-0.3, -0.25) is 14.4 Å². The van der Waals surface area contributed by atoms with Gasteiger partial charge in [-0.05, 0) is 78.7 Å². The molecular weight excluding hydrogens is 555 g/mol. The monoisotopic (exact) mass is 578 g/mol. The molecule has 5 nitrogen and oxygen atoms in total. The zero-order valence-corrected chi connectivity index (χ0v) is 23.5. The van der Waals surface area contributed by atoms with E-state index in [0.29, 0.717) is 32.4 Å². The predicted octanol–water partition coefficient (Wildman–Crippen LogP) is 7.24. The SMILES string of the molecule is CC1=C[C@@H]2N(c3ccccc31)[C@H](C(=O)c1ccc(Cl)cc1)[C@@H](C(=O)c1ccc(Cl)cc1)[C@]21C(=O)Nc2ccccc21. The molecule has 1 amide bonds. The van der Waals surface area contributed by atoms with Crippen molar-refractivity contribution < 1.29 is 14.4 Å². The molecule has 4 atom stereocenters. The van der Waals surface area contributed by atoms with E-state index < -0.39 is 23.4 Å². The number of nitrogens with zero attached hydrogens (tertiary/aromatic N) is 1. The van der Waals surface area contributed by atoms with E-state index in [0.717, 1.165) is 16.8 Å². The van der Waals surface area contributed by atoms with Crippen LogP contribution in [0.25, 0.3) is 5.57 Å². The summed E-state index contributed by atoms with van der Waals surface area (Å²) in [6, 6.07) is 27.0. The van der Waals surface area contributed by atoms with Gasteiger partial charge in [-0.1, -0.05) is 65.7 Å². The molecule has 3 aliphatic rings. The van der Waals surface area contributed by atoms with Crippen molar-refractivity contribution >= 4 is 57.6 Å². The van der Waals surface area contributed by atoms with Gasteiger partial charge in [0.25, 0.3) is 0 Å². The Morgan fingerprint density at radius 3 is 2.05 bits per heavy atom. The molecule has 1 fully saturated rings. The normalized spacial score (nSPS) is 23.9.